The van der Waals surface area contributed by atoms with Gasteiger partial charge in [0.05, 0.1) is 18.4 Å². The fraction of sp³-hybridized carbons (Fsp3) is 0.385. The molecule has 0 aliphatic rings. The Labute approximate surface area is 123 Å². The number of nitrogens with zero attached hydrogens (tertiary/aromatic N) is 4. The molecule has 0 bridgehead atoms. The molecule has 2 aromatic rings. The monoisotopic (exact) mass is 310 g/mol. The lowest BCUT2D eigenvalue weighted by atomic mass is 10.3. The van der Waals surface area contributed by atoms with Crippen molar-refractivity contribution in [2.75, 3.05) is 13.7 Å². The van der Waals surface area contributed by atoms with E-state index in [1.807, 2.05) is 6.07 Å². The van der Waals surface area contributed by atoms with Gasteiger partial charge in [-0.3, -0.25) is 9.67 Å². The average Bonchev–Trinajstić information content (AvgIpc) is 2.95. The lowest BCUT2D eigenvalue weighted by Gasteiger charge is -2.15. The van der Waals surface area contributed by atoms with E-state index in [0.717, 1.165) is 0 Å². The van der Waals surface area contributed by atoms with Crippen LogP contribution in [0.25, 0.3) is 0 Å². The number of aliphatic hydroxyl groups excluding tert-OH is 1. The molecular formula is C13H18N4O3S. The number of sulfonamides is 1. The van der Waals surface area contributed by atoms with E-state index >= 15 is 0 Å². The molecule has 0 fully saturated rings. The van der Waals surface area contributed by atoms with Crippen LogP contribution in [0.2, 0.25) is 0 Å². The van der Waals surface area contributed by atoms with Gasteiger partial charge in [-0.15, -0.1) is 0 Å². The van der Waals surface area contributed by atoms with Gasteiger partial charge in [-0.1, -0.05) is 6.07 Å². The highest BCUT2D eigenvalue weighted by Gasteiger charge is 2.23. The molecule has 8 heteroatoms. The van der Waals surface area contributed by atoms with Gasteiger partial charge in [-0.2, -0.15) is 9.40 Å². The lowest BCUT2D eigenvalue weighted by molar-refractivity contribution is 0.277. The molecule has 7 nitrogen and oxygen atoms in total. The minimum Gasteiger partial charge on any atom is -0.396 e. The summed E-state index contributed by atoms with van der Waals surface area (Å²) < 4.78 is 27.6. The summed E-state index contributed by atoms with van der Waals surface area (Å²) in [5.41, 5.74) is 0.677. The number of rotatable bonds is 7. The number of hydrogen-bond acceptors (Lipinski definition) is 5. The molecule has 0 aliphatic carbocycles. The van der Waals surface area contributed by atoms with Crippen molar-refractivity contribution in [1.82, 2.24) is 19.1 Å². The Morgan fingerprint density at radius 1 is 1.38 bits per heavy atom. The average molecular weight is 310 g/mol. The van der Waals surface area contributed by atoms with Gasteiger partial charge in [0, 0.05) is 32.6 Å². The predicted octanol–water partition coefficient (Wildman–Crippen LogP) is 0.481. The standard InChI is InChI=1S/C13H18N4O3S/c1-16(10-12-5-2-3-6-14-12)21(19,20)13-9-15-17(11-13)7-4-8-18/h2-3,5-6,9,11,18H,4,7-8,10H2,1H3. The number of aromatic nitrogens is 3. The van der Waals surface area contributed by atoms with Crippen LogP contribution in [-0.4, -0.2) is 46.2 Å². The second kappa shape index (κ2) is 6.79. The van der Waals surface area contributed by atoms with E-state index in [4.69, 9.17) is 5.11 Å². The second-order valence-corrected chi connectivity index (χ2v) is 6.64. The molecule has 0 aliphatic heterocycles. The molecular weight excluding hydrogens is 292 g/mol. The van der Waals surface area contributed by atoms with Gasteiger partial charge in [0.15, 0.2) is 0 Å². The first kappa shape index (κ1) is 15.6. The van der Waals surface area contributed by atoms with Crippen molar-refractivity contribution < 1.29 is 13.5 Å². The van der Waals surface area contributed by atoms with E-state index in [1.54, 1.807) is 18.3 Å². The van der Waals surface area contributed by atoms with Crippen LogP contribution in [0.1, 0.15) is 12.1 Å². The zero-order valence-corrected chi connectivity index (χ0v) is 12.6. The lowest BCUT2D eigenvalue weighted by Crippen LogP contribution is -2.26. The maximum atomic E-state index is 12.4. The molecule has 21 heavy (non-hydrogen) atoms. The summed E-state index contributed by atoms with van der Waals surface area (Å²) in [6.45, 7) is 0.725. The van der Waals surface area contributed by atoms with Crippen LogP contribution >= 0.6 is 0 Å². The first-order chi connectivity index (χ1) is 10.0. The van der Waals surface area contributed by atoms with Gasteiger partial charge in [0.1, 0.15) is 4.90 Å². The Balaban J connectivity index is 2.11. The van der Waals surface area contributed by atoms with E-state index in [9.17, 15) is 8.42 Å². The van der Waals surface area contributed by atoms with Crippen molar-refractivity contribution in [3.8, 4) is 0 Å². The Kier molecular flexibility index (Phi) is 5.05. The maximum absolute atomic E-state index is 12.4. The van der Waals surface area contributed by atoms with Crippen LogP contribution in [0, 0.1) is 0 Å². The molecule has 0 saturated carbocycles. The summed E-state index contributed by atoms with van der Waals surface area (Å²) in [7, 11) is -2.08. The number of aryl methyl sites for hydroxylation is 1. The van der Waals surface area contributed by atoms with E-state index in [1.165, 1.54) is 28.4 Å². The van der Waals surface area contributed by atoms with Crippen molar-refractivity contribution in [1.29, 1.82) is 0 Å². The molecule has 2 rings (SSSR count). The van der Waals surface area contributed by atoms with Crippen LogP contribution in [0.3, 0.4) is 0 Å². The Morgan fingerprint density at radius 3 is 2.86 bits per heavy atom. The summed E-state index contributed by atoms with van der Waals surface area (Å²) in [5, 5.41) is 12.8. The predicted molar refractivity (Wildman–Crippen MR) is 76.8 cm³/mol. The van der Waals surface area contributed by atoms with Crippen molar-refractivity contribution in [3.05, 3.63) is 42.5 Å². The quantitative estimate of drug-likeness (QED) is 0.803. The first-order valence-corrected chi connectivity index (χ1v) is 7.97. The molecule has 0 spiro atoms. The minimum absolute atomic E-state index is 0.0432. The topological polar surface area (TPSA) is 88.3 Å². The van der Waals surface area contributed by atoms with E-state index < -0.39 is 10.0 Å². The fourth-order valence-electron chi connectivity index (χ4n) is 1.82. The zero-order chi connectivity index (χ0) is 15.3. The Morgan fingerprint density at radius 2 is 2.19 bits per heavy atom. The van der Waals surface area contributed by atoms with Crippen LogP contribution in [0.4, 0.5) is 0 Å². The summed E-state index contributed by atoms with van der Waals surface area (Å²) >= 11 is 0. The van der Waals surface area contributed by atoms with Gasteiger partial charge < -0.3 is 5.11 Å². The smallest absolute Gasteiger partial charge is 0.246 e. The molecule has 2 aromatic heterocycles. The highest BCUT2D eigenvalue weighted by molar-refractivity contribution is 7.89. The number of hydrogen-bond donors (Lipinski definition) is 1. The molecule has 0 atom stereocenters. The molecule has 0 amide bonds. The zero-order valence-electron chi connectivity index (χ0n) is 11.8. The van der Waals surface area contributed by atoms with E-state index in [0.29, 0.717) is 18.7 Å². The summed E-state index contributed by atoms with van der Waals surface area (Å²) in [4.78, 5) is 4.25. The Bertz CT molecular complexity index is 670. The van der Waals surface area contributed by atoms with Gasteiger partial charge in [0.2, 0.25) is 10.0 Å². The first-order valence-electron chi connectivity index (χ1n) is 6.53. The molecule has 1 N–H and O–H groups in total. The minimum atomic E-state index is -3.59. The highest BCUT2D eigenvalue weighted by atomic mass is 32.2. The SMILES string of the molecule is CN(Cc1ccccn1)S(=O)(=O)c1cnn(CCCO)c1. The third-order valence-electron chi connectivity index (χ3n) is 2.97. The van der Waals surface area contributed by atoms with Gasteiger partial charge in [-0.05, 0) is 18.6 Å². The van der Waals surface area contributed by atoms with E-state index in [-0.39, 0.29) is 18.0 Å². The molecule has 0 aromatic carbocycles. The van der Waals surface area contributed by atoms with Crippen molar-refractivity contribution in [3.63, 3.8) is 0 Å². The third kappa shape index (κ3) is 3.87. The molecule has 0 saturated heterocycles. The van der Waals surface area contributed by atoms with Crippen LogP contribution in [-0.2, 0) is 23.1 Å². The van der Waals surface area contributed by atoms with Crippen molar-refractivity contribution >= 4 is 10.0 Å². The summed E-state index contributed by atoms with van der Waals surface area (Å²) in [5.74, 6) is 0. The fourth-order valence-corrected chi connectivity index (χ4v) is 2.91. The van der Waals surface area contributed by atoms with Crippen LogP contribution in [0.5, 0.6) is 0 Å². The third-order valence-corrected chi connectivity index (χ3v) is 4.73. The second-order valence-electron chi connectivity index (χ2n) is 4.60. The van der Waals surface area contributed by atoms with Crippen LogP contribution < -0.4 is 0 Å². The van der Waals surface area contributed by atoms with Crippen molar-refractivity contribution in [2.45, 2.75) is 24.4 Å². The Hall–Kier alpha value is -1.77. The summed E-state index contributed by atoms with van der Waals surface area (Å²) in [6, 6.07) is 5.37. The number of aliphatic hydroxyl groups is 1. The van der Waals surface area contributed by atoms with Gasteiger partial charge >= 0.3 is 0 Å². The van der Waals surface area contributed by atoms with Crippen LogP contribution in [0.15, 0.2) is 41.7 Å². The number of pyridine rings is 1. The normalized spacial score (nSPS) is 12.0. The summed E-state index contributed by atoms with van der Waals surface area (Å²) in [6.07, 6.45) is 4.95. The molecule has 2 heterocycles. The van der Waals surface area contributed by atoms with E-state index in [2.05, 4.69) is 10.1 Å². The molecule has 114 valence electrons. The van der Waals surface area contributed by atoms with Gasteiger partial charge in [-0.25, -0.2) is 8.42 Å². The molecule has 0 radical (unpaired) electrons. The molecule has 0 unspecified atom stereocenters. The van der Waals surface area contributed by atoms with Crippen molar-refractivity contribution in [2.24, 2.45) is 0 Å². The highest BCUT2D eigenvalue weighted by Crippen LogP contribution is 2.15. The maximum Gasteiger partial charge on any atom is 0.246 e. The largest absolute Gasteiger partial charge is 0.396 e. The van der Waals surface area contributed by atoms with Gasteiger partial charge in [0.25, 0.3) is 0 Å².